The third kappa shape index (κ3) is 4.91. The van der Waals surface area contributed by atoms with Gasteiger partial charge in [-0.05, 0) is 56.2 Å². The van der Waals surface area contributed by atoms with Gasteiger partial charge in [0.15, 0.2) is 5.76 Å². The fraction of sp³-hybridized carbons (Fsp3) is 0.167. The molecule has 0 aliphatic heterocycles. The molecule has 0 saturated heterocycles. The molecule has 0 saturated carbocycles. The average molecular weight is 527 g/mol. The van der Waals surface area contributed by atoms with Gasteiger partial charge in [0.25, 0.3) is 11.8 Å². The van der Waals surface area contributed by atoms with Crippen LogP contribution in [0.1, 0.15) is 61.0 Å². The van der Waals surface area contributed by atoms with Crippen LogP contribution in [-0.2, 0) is 6.42 Å². The minimum Gasteiger partial charge on any atom is -0.455 e. The van der Waals surface area contributed by atoms with Crippen molar-refractivity contribution >= 4 is 39.4 Å². The van der Waals surface area contributed by atoms with E-state index in [2.05, 4.69) is 37.3 Å². The van der Waals surface area contributed by atoms with Gasteiger partial charge in [0.2, 0.25) is 0 Å². The van der Waals surface area contributed by atoms with Crippen LogP contribution in [0.3, 0.4) is 0 Å². The van der Waals surface area contributed by atoms with Gasteiger partial charge in [-0.15, -0.1) is 0 Å². The van der Waals surface area contributed by atoms with Gasteiger partial charge >= 0.3 is 5.91 Å². The first-order valence-corrected chi connectivity index (χ1v) is 11.2. The third-order valence-corrected chi connectivity index (χ3v) is 5.87. The predicted molar refractivity (Wildman–Crippen MR) is 126 cm³/mol. The molecule has 0 unspecified atom stereocenters. The summed E-state index contributed by atoms with van der Waals surface area (Å²) < 4.78 is 20.5. The number of hydrogen-bond donors (Lipinski definition) is 3. The van der Waals surface area contributed by atoms with Crippen LogP contribution in [0.5, 0.6) is 0 Å². The Balaban J connectivity index is 1.48. The van der Waals surface area contributed by atoms with Crippen molar-refractivity contribution in [1.82, 2.24) is 16.3 Å². The predicted octanol–water partition coefficient (Wildman–Crippen LogP) is 4.03. The highest BCUT2D eigenvalue weighted by Crippen LogP contribution is 2.29. The molecule has 1 aliphatic rings. The van der Waals surface area contributed by atoms with Gasteiger partial charge in [-0.3, -0.25) is 25.2 Å². The van der Waals surface area contributed by atoms with E-state index >= 15 is 0 Å². The van der Waals surface area contributed by atoms with E-state index in [1.807, 2.05) is 0 Å². The van der Waals surface area contributed by atoms with Crippen LogP contribution < -0.4 is 16.3 Å². The van der Waals surface area contributed by atoms with E-state index in [0.29, 0.717) is 47.4 Å². The number of furan rings is 1. The molecule has 0 radical (unpaired) electrons. The molecule has 1 aromatic heterocycles. The lowest BCUT2D eigenvalue weighted by atomic mass is 9.93. The highest BCUT2D eigenvalue weighted by Gasteiger charge is 2.28. The maximum Gasteiger partial charge on any atom is 0.305 e. The van der Waals surface area contributed by atoms with Crippen molar-refractivity contribution in [3.05, 3.63) is 92.6 Å². The van der Waals surface area contributed by atoms with Gasteiger partial charge in [0, 0.05) is 27.6 Å². The quantitative estimate of drug-likeness (QED) is 0.445. The normalized spacial score (nSPS) is 13.8. The smallest absolute Gasteiger partial charge is 0.305 e. The van der Waals surface area contributed by atoms with Crippen molar-refractivity contribution < 1.29 is 23.2 Å². The lowest BCUT2D eigenvalue weighted by Gasteiger charge is -2.13. The maximum absolute atomic E-state index is 13.9. The van der Waals surface area contributed by atoms with E-state index in [0.717, 1.165) is 4.47 Å². The Morgan fingerprint density at radius 3 is 2.41 bits per heavy atom. The average Bonchev–Trinajstić information content (AvgIpc) is 3.18. The molecule has 4 rings (SSSR count). The standard InChI is InChI=1S/C24H20BrFN4O4/c1-13-20-18(27-29-23(32)16-5-2-3-6-17(16)26)7-4-8-19(20)34-21(13)24(33)30-28-22(31)14-9-11-15(25)12-10-14/h2-3,5-6,9-12H,4,7-8H2,1H3,(H,28,31)(H,29,32)(H,30,33)/b27-18+. The van der Waals surface area contributed by atoms with Crippen LogP contribution in [-0.4, -0.2) is 23.4 Å². The second-order valence-corrected chi connectivity index (χ2v) is 8.52. The van der Waals surface area contributed by atoms with E-state index < -0.39 is 23.5 Å². The van der Waals surface area contributed by atoms with Gasteiger partial charge in [-0.2, -0.15) is 5.10 Å². The number of hydrazone groups is 1. The Hall–Kier alpha value is -3.79. The van der Waals surface area contributed by atoms with Gasteiger partial charge in [0.05, 0.1) is 11.3 Å². The van der Waals surface area contributed by atoms with Crippen molar-refractivity contribution in [1.29, 1.82) is 0 Å². The topological polar surface area (TPSA) is 113 Å². The number of nitrogens with zero attached hydrogens (tertiary/aromatic N) is 1. The molecule has 1 aliphatic carbocycles. The fourth-order valence-electron chi connectivity index (χ4n) is 3.66. The third-order valence-electron chi connectivity index (χ3n) is 5.34. The summed E-state index contributed by atoms with van der Waals surface area (Å²) in [7, 11) is 0. The number of halogens is 2. The SMILES string of the molecule is Cc1c(C(=O)NNC(=O)c2ccc(Br)cc2)oc2c1/C(=N/NC(=O)c1ccccc1F)CCC2. The largest absolute Gasteiger partial charge is 0.455 e. The summed E-state index contributed by atoms with van der Waals surface area (Å²) in [5.41, 5.74) is 9.06. The van der Waals surface area contributed by atoms with E-state index in [1.54, 1.807) is 37.3 Å². The summed E-state index contributed by atoms with van der Waals surface area (Å²) in [6.07, 6.45) is 1.84. The number of fused-ring (bicyclic) bond motifs is 1. The summed E-state index contributed by atoms with van der Waals surface area (Å²) in [5.74, 6) is -1.82. The minimum atomic E-state index is -0.674. The van der Waals surface area contributed by atoms with Crippen molar-refractivity contribution in [2.75, 3.05) is 0 Å². The van der Waals surface area contributed by atoms with E-state index in [9.17, 15) is 18.8 Å². The number of rotatable bonds is 4. The van der Waals surface area contributed by atoms with E-state index in [-0.39, 0.29) is 11.3 Å². The molecule has 1 heterocycles. The summed E-state index contributed by atoms with van der Waals surface area (Å²) in [6, 6.07) is 12.3. The fourth-order valence-corrected chi connectivity index (χ4v) is 3.93. The Kier molecular flexibility index (Phi) is 6.87. The molecular weight excluding hydrogens is 507 g/mol. The van der Waals surface area contributed by atoms with Crippen LogP contribution in [0.4, 0.5) is 4.39 Å². The van der Waals surface area contributed by atoms with Crippen molar-refractivity contribution in [2.45, 2.75) is 26.2 Å². The van der Waals surface area contributed by atoms with Crippen LogP contribution in [0, 0.1) is 12.7 Å². The molecule has 10 heteroatoms. The van der Waals surface area contributed by atoms with Crippen molar-refractivity contribution in [3.8, 4) is 0 Å². The summed E-state index contributed by atoms with van der Waals surface area (Å²) in [5, 5.41) is 4.18. The number of hydrazine groups is 1. The molecular formula is C24H20BrFN4O4. The number of amides is 3. The van der Waals surface area contributed by atoms with Gasteiger partial charge in [0.1, 0.15) is 11.6 Å². The molecule has 34 heavy (non-hydrogen) atoms. The van der Waals surface area contributed by atoms with E-state index in [1.165, 1.54) is 18.2 Å². The molecule has 2 aromatic carbocycles. The van der Waals surface area contributed by atoms with Gasteiger partial charge < -0.3 is 4.42 Å². The Labute approximate surface area is 202 Å². The zero-order chi connectivity index (χ0) is 24.2. The first-order chi connectivity index (χ1) is 16.3. The molecule has 0 spiro atoms. The molecule has 3 N–H and O–H groups in total. The molecule has 0 fully saturated rings. The Bertz CT molecular complexity index is 1300. The zero-order valence-electron chi connectivity index (χ0n) is 18.1. The van der Waals surface area contributed by atoms with Crippen molar-refractivity contribution in [2.24, 2.45) is 5.10 Å². The number of nitrogens with one attached hydrogen (secondary N) is 3. The zero-order valence-corrected chi connectivity index (χ0v) is 19.7. The highest BCUT2D eigenvalue weighted by atomic mass is 79.9. The second-order valence-electron chi connectivity index (χ2n) is 7.60. The lowest BCUT2D eigenvalue weighted by molar-refractivity contribution is 0.0829. The lowest BCUT2D eigenvalue weighted by Crippen LogP contribution is -2.41. The van der Waals surface area contributed by atoms with Crippen LogP contribution >= 0.6 is 15.9 Å². The monoisotopic (exact) mass is 526 g/mol. The number of hydrogen-bond acceptors (Lipinski definition) is 5. The molecule has 0 atom stereocenters. The summed E-state index contributed by atoms with van der Waals surface area (Å²) >= 11 is 3.30. The van der Waals surface area contributed by atoms with Gasteiger partial charge in [-0.25, -0.2) is 9.82 Å². The molecule has 174 valence electrons. The second kappa shape index (κ2) is 10.0. The minimum absolute atomic E-state index is 0.0381. The molecule has 3 aromatic rings. The molecule has 0 bridgehead atoms. The van der Waals surface area contributed by atoms with Gasteiger partial charge in [-0.1, -0.05) is 28.1 Å². The number of carbonyl (C=O) groups excluding carboxylic acids is 3. The Morgan fingerprint density at radius 1 is 0.971 bits per heavy atom. The van der Waals surface area contributed by atoms with Crippen LogP contribution in [0.25, 0.3) is 0 Å². The van der Waals surface area contributed by atoms with Crippen LogP contribution in [0.2, 0.25) is 0 Å². The first-order valence-electron chi connectivity index (χ1n) is 10.5. The first kappa shape index (κ1) is 23.4. The summed E-state index contributed by atoms with van der Waals surface area (Å²) in [4.78, 5) is 37.3. The summed E-state index contributed by atoms with van der Waals surface area (Å²) in [6.45, 7) is 1.70. The highest BCUT2D eigenvalue weighted by molar-refractivity contribution is 9.10. The Morgan fingerprint density at radius 2 is 1.68 bits per heavy atom. The number of benzene rings is 2. The number of carbonyl (C=O) groups is 3. The maximum atomic E-state index is 13.9. The van der Waals surface area contributed by atoms with Crippen molar-refractivity contribution in [3.63, 3.8) is 0 Å². The molecule has 8 nitrogen and oxygen atoms in total. The molecule has 3 amide bonds. The van der Waals surface area contributed by atoms with Crippen LogP contribution in [0.15, 0.2) is 62.5 Å². The van der Waals surface area contributed by atoms with E-state index in [4.69, 9.17) is 4.42 Å². The number of aryl methyl sites for hydroxylation is 1.